The van der Waals surface area contributed by atoms with Crippen LogP contribution in [0.2, 0.25) is 0 Å². The minimum absolute atomic E-state index is 0.0175. The number of anilines is 3. The van der Waals surface area contributed by atoms with Crippen LogP contribution in [0.25, 0.3) is 21.9 Å². The first-order chi connectivity index (χ1) is 16.4. The third-order valence-corrected chi connectivity index (χ3v) is 6.52. The molecule has 0 radical (unpaired) electrons. The van der Waals surface area contributed by atoms with Gasteiger partial charge in [-0.25, -0.2) is 14.4 Å². The average molecular weight is 458 g/mol. The van der Waals surface area contributed by atoms with E-state index >= 15 is 4.39 Å². The molecule has 0 atom stereocenters. The number of nitrogens with zero attached hydrogens (tertiary/aromatic N) is 3. The van der Waals surface area contributed by atoms with E-state index in [1.807, 2.05) is 6.92 Å². The summed E-state index contributed by atoms with van der Waals surface area (Å²) in [6.07, 6.45) is 4.28. The Morgan fingerprint density at radius 2 is 2.09 bits per heavy atom. The molecule has 9 heteroatoms. The highest BCUT2D eigenvalue weighted by atomic mass is 19.1. The zero-order valence-electron chi connectivity index (χ0n) is 18.8. The number of hydrogen-bond acceptors (Lipinski definition) is 7. The summed E-state index contributed by atoms with van der Waals surface area (Å²) in [4.78, 5) is 21.3. The second-order valence-electron chi connectivity index (χ2n) is 8.61. The molecule has 4 N–H and O–H groups in total. The van der Waals surface area contributed by atoms with Crippen LogP contribution in [0.5, 0.6) is 5.88 Å². The summed E-state index contributed by atoms with van der Waals surface area (Å²) in [5.41, 5.74) is 10.1. The van der Waals surface area contributed by atoms with Crippen LogP contribution in [0.4, 0.5) is 21.6 Å². The van der Waals surface area contributed by atoms with E-state index in [9.17, 15) is 4.79 Å². The number of allylic oxidation sites excluding steroid dienone is 1. The lowest BCUT2D eigenvalue weighted by Gasteiger charge is -2.25. The Morgan fingerprint density at radius 1 is 1.29 bits per heavy atom. The molecule has 2 aliphatic rings. The second kappa shape index (κ2) is 8.30. The number of carbonyl (C=O) groups is 1. The monoisotopic (exact) mass is 458 g/mol. The molecule has 1 saturated carbocycles. The number of fused-ring (bicyclic) bond motifs is 2. The summed E-state index contributed by atoms with van der Waals surface area (Å²) in [7, 11) is 0. The van der Waals surface area contributed by atoms with Crippen molar-refractivity contribution >= 4 is 33.9 Å². The molecular weight excluding hydrogens is 435 g/mol. The summed E-state index contributed by atoms with van der Waals surface area (Å²) in [6.45, 7) is 4.78. The van der Waals surface area contributed by atoms with Gasteiger partial charge in [0.2, 0.25) is 5.88 Å². The van der Waals surface area contributed by atoms with Crippen molar-refractivity contribution < 1.29 is 13.9 Å². The molecule has 0 unspecified atom stereocenters. The van der Waals surface area contributed by atoms with E-state index < -0.39 is 5.82 Å². The van der Waals surface area contributed by atoms with Gasteiger partial charge in [0.15, 0.2) is 5.82 Å². The largest absolute Gasteiger partial charge is 0.474 e. The Balaban J connectivity index is 1.51. The van der Waals surface area contributed by atoms with Gasteiger partial charge >= 0.3 is 0 Å². The number of hydrogen-bond donors (Lipinski definition) is 3. The standard InChI is InChI=1S/C25H23FN6O2/c1-12(15-5-14(6-15)9-27)24(33)32-20-8-16-7-17(21(26)22(28)19(16)11-30-20)18-10-31-25-23(13(18)2)29-3-4-34-25/h7-8,10-11,14,29H,3-6,28H2,1-2H3,(H,30,32,33). The molecule has 1 amide bonds. The Hall–Kier alpha value is -4.19. The van der Waals surface area contributed by atoms with E-state index in [0.29, 0.717) is 65.2 Å². The highest BCUT2D eigenvalue weighted by Crippen LogP contribution is 2.40. The first-order valence-electron chi connectivity index (χ1n) is 11.0. The Bertz CT molecular complexity index is 1420. The fraction of sp³-hybridized carbons (Fsp3) is 0.280. The fourth-order valence-corrected chi connectivity index (χ4v) is 4.36. The number of ether oxygens (including phenoxy) is 1. The zero-order valence-corrected chi connectivity index (χ0v) is 18.8. The number of nitrogens with two attached hydrogens (primary N) is 1. The molecule has 34 heavy (non-hydrogen) atoms. The second-order valence-corrected chi connectivity index (χ2v) is 8.61. The third-order valence-electron chi connectivity index (χ3n) is 6.52. The van der Waals surface area contributed by atoms with Gasteiger partial charge in [-0.2, -0.15) is 5.26 Å². The first-order valence-corrected chi connectivity index (χ1v) is 11.0. The smallest absolute Gasteiger partial charge is 0.252 e. The Kier molecular flexibility index (Phi) is 5.28. The lowest BCUT2D eigenvalue weighted by Crippen LogP contribution is -2.21. The third kappa shape index (κ3) is 3.57. The van der Waals surface area contributed by atoms with Gasteiger partial charge in [0.05, 0.1) is 17.7 Å². The maximum atomic E-state index is 15.3. The van der Waals surface area contributed by atoms with Crippen molar-refractivity contribution in [1.29, 1.82) is 5.26 Å². The van der Waals surface area contributed by atoms with Crippen LogP contribution < -0.4 is 21.1 Å². The Labute approximate surface area is 195 Å². The van der Waals surface area contributed by atoms with Gasteiger partial charge in [0, 0.05) is 41.0 Å². The van der Waals surface area contributed by atoms with Gasteiger partial charge in [-0.05, 0) is 49.8 Å². The molecule has 0 bridgehead atoms. The van der Waals surface area contributed by atoms with E-state index in [4.69, 9.17) is 15.7 Å². The molecule has 3 aromatic rings. The van der Waals surface area contributed by atoms with Crippen LogP contribution in [0.15, 0.2) is 35.7 Å². The van der Waals surface area contributed by atoms with E-state index in [1.54, 1.807) is 25.3 Å². The lowest BCUT2D eigenvalue weighted by molar-refractivity contribution is -0.112. The van der Waals surface area contributed by atoms with Crippen molar-refractivity contribution in [2.24, 2.45) is 5.92 Å². The molecule has 5 rings (SSSR count). The number of carbonyl (C=O) groups excluding carboxylic acids is 1. The minimum atomic E-state index is -0.551. The highest BCUT2D eigenvalue weighted by molar-refractivity contribution is 6.05. The van der Waals surface area contributed by atoms with Crippen molar-refractivity contribution in [2.45, 2.75) is 26.7 Å². The number of pyridine rings is 2. The van der Waals surface area contributed by atoms with Crippen LogP contribution >= 0.6 is 0 Å². The van der Waals surface area contributed by atoms with Gasteiger partial charge in [-0.15, -0.1) is 0 Å². The molecule has 3 heterocycles. The number of aromatic nitrogens is 2. The quantitative estimate of drug-likeness (QED) is 0.394. The van der Waals surface area contributed by atoms with Gasteiger partial charge in [0.25, 0.3) is 5.91 Å². The summed E-state index contributed by atoms with van der Waals surface area (Å²) >= 11 is 0. The van der Waals surface area contributed by atoms with E-state index in [1.165, 1.54) is 6.20 Å². The van der Waals surface area contributed by atoms with Crippen molar-refractivity contribution in [1.82, 2.24) is 9.97 Å². The molecular formula is C25H23FN6O2. The number of rotatable bonds is 3. The van der Waals surface area contributed by atoms with Gasteiger partial charge in [-0.3, -0.25) is 4.79 Å². The predicted molar refractivity (Wildman–Crippen MR) is 128 cm³/mol. The molecule has 1 aromatic carbocycles. The number of benzene rings is 1. The van der Waals surface area contributed by atoms with Crippen LogP contribution in [-0.4, -0.2) is 29.0 Å². The summed E-state index contributed by atoms with van der Waals surface area (Å²) in [6, 6.07) is 5.57. The SMILES string of the molecule is CC(C(=O)Nc1cc2cc(-c3cnc4c(c3C)NCCO4)c(F)c(N)c2cn1)=C1CC(C#N)C1. The molecule has 172 valence electrons. The average Bonchev–Trinajstić information content (AvgIpc) is 2.81. The molecule has 1 aliphatic carbocycles. The van der Waals surface area contributed by atoms with E-state index in [0.717, 1.165) is 16.8 Å². The highest BCUT2D eigenvalue weighted by Gasteiger charge is 2.27. The van der Waals surface area contributed by atoms with Gasteiger partial charge in [-0.1, -0.05) is 5.57 Å². The normalized spacial score (nSPS) is 16.5. The van der Waals surface area contributed by atoms with Crippen molar-refractivity contribution in [3.05, 3.63) is 47.1 Å². The topological polar surface area (TPSA) is 126 Å². The maximum absolute atomic E-state index is 15.3. The van der Waals surface area contributed by atoms with Crippen LogP contribution in [0.1, 0.15) is 25.3 Å². The number of amides is 1. The molecule has 1 fully saturated rings. The molecule has 0 spiro atoms. The minimum Gasteiger partial charge on any atom is -0.474 e. The molecule has 0 saturated heterocycles. The fourth-order valence-electron chi connectivity index (χ4n) is 4.36. The first kappa shape index (κ1) is 21.6. The van der Waals surface area contributed by atoms with Crippen LogP contribution in [0, 0.1) is 30.0 Å². The van der Waals surface area contributed by atoms with Crippen molar-refractivity contribution in [2.75, 3.05) is 29.5 Å². The van der Waals surface area contributed by atoms with Crippen molar-refractivity contribution in [3.63, 3.8) is 0 Å². The Morgan fingerprint density at radius 3 is 2.85 bits per heavy atom. The van der Waals surface area contributed by atoms with Gasteiger partial charge < -0.3 is 21.1 Å². The number of nitrogens with one attached hydrogen (secondary N) is 2. The molecule has 8 nitrogen and oxygen atoms in total. The predicted octanol–water partition coefficient (Wildman–Crippen LogP) is 4.32. The number of halogens is 1. The summed E-state index contributed by atoms with van der Waals surface area (Å²) in [5, 5.41) is 16.1. The zero-order chi connectivity index (χ0) is 24.0. The van der Waals surface area contributed by atoms with E-state index in [-0.39, 0.29) is 17.5 Å². The number of nitrogen functional groups attached to an aromatic ring is 1. The summed E-state index contributed by atoms with van der Waals surface area (Å²) < 4.78 is 20.9. The molecule has 2 aromatic heterocycles. The van der Waals surface area contributed by atoms with Gasteiger partial charge in [0.1, 0.15) is 18.1 Å². The van der Waals surface area contributed by atoms with Crippen LogP contribution in [-0.2, 0) is 4.79 Å². The summed E-state index contributed by atoms with van der Waals surface area (Å²) in [5.74, 6) is -0.00963. The lowest BCUT2D eigenvalue weighted by atomic mass is 9.78. The molecule has 1 aliphatic heterocycles. The van der Waals surface area contributed by atoms with Crippen LogP contribution in [0.3, 0.4) is 0 Å². The van der Waals surface area contributed by atoms with Crippen molar-refractivity contribution in [3.8, 4) is 23.1 Å². The maximum Gasteiger partial charge on any atom is 0.252 e. The number of nitriles is 1. The van der Waals surface area contributed by atoms with E-state index in [2.05, 4.69) is 26.7 Å².